The zero-order valence-corrected chi connectivity index (χ0v) is 30.4. The van der Waals surface area contributed by atoms with Crippen LogP contribution in [0.2, 0.25) is 0 Å². The van der Waals surface area contributed by atoms with Crippen molar-refractivity contribution in [2.75, 3.05) is 150 Å². The van der Waals surface area contributed by atoms with Gasteiger partial charge in [-0.05, 0) is 55.0 Å². The van der Waals surface area contributed by atoms with E-state index < -0.39 is 0 Å². The Labute approximate surface area is 303 Å². The summed E-state index contributed by atoms with van der Waals surface area (Å²) in [7, 11) is 0. The summed E-state index contributed by atoms with van der Waals surface area (Å²) in [5.74, 6) is 0.406. The van der Waals surface area contributed by atoms with E-state index in [0.29, 0.717) is 137 Å². The topological polar surface area (TPSA) is 157 Å². The molecule has 3 N–H and O–H groups in total. The maximum Gasteiger partial charge on any atom is 0.338 e. The molecule has 0 saturated heterocycles. The minimum absolute atomic E-state index is 0.188. The number of hydrogen-bond donors (Lipinski definition) is 2. The van der Waals surface area contributed by atoms with E-state index >= 15 is 0 Å². The number of nitrogens with one attached hydrogen (secondary N) is 1. The van der Waals surface area contributed by atoms with Crippen LogP contribution in [0, 0.1) is 0 Å². The first-order valence-corrected chi connectivity index (χ1v) is 17.9. The third-order valence-electron chi connectivity index (χ3n) is 6.79. The molecule has 0 heterocycles. The highest BCUT2D eigenvalue weighted by atomic mass is 16.6. The van der Waals surface area contributed by atoms with Crippen LogP contribution >= 0.6 is 0 Å². The lowest BCUT2D eigenvalue weighted by Crippen LogP contribution is -2.15. The van der Waals surface area contributed by atoms with Crippen LogP contribution in [-0.2, 0) is 47.4 Å². The molecular weight excluding hydrogens is 664 g/mol. The van der Waals surface area contributed by atoms with Gasteiger partial charge in [-0.1, -0.05) is 13.3 Å². The summed E-state index contributed by atoms with van der Waals surface area (Å²) in [4.78, 5) is 12.1. The van der Waals surface area contributed by atoms with Crippen molar-refractivity contribution in [3.05, 3.63) is 54.1 Å². The van der Waals surface area contributed by atoms with Gasteiger partial charge in [-0.3, -0.25) is 0 Å². The van der Waals surface area contributed by atoms with E-state index in [2.05, 4.69) is 12.2 Å². The van der Waals surface area contributed by atoms with Crippen LogP contribution in [0.25, 0.3) is 0 Å². The molecule has 14 heteroatoms. The first-order chi connectivity index (χ1) is 25.2. The number of nitrogens with two attached hydrogens (primary N) is 1. The maximum absolute atomic E-state index is 12.1. The Kier molecular flexibility index (Phi) is 28.4. The highest BCUT2D eigenvalue weighted by Gasteiger charge is 2.07. The summed E-state index contributed by atoms with van der Waals surface area (Å²) in [5.41, 5.74) is 7.86. The van der Waals surface area contributed by atoms with Gasteiger partial charge < -0.3 is 63.2 Å². The van der Waals surface area contributed by atoms with Gasteiger partial charge in [0.05, 0.1) is 124 Å². The summed E-state index contributed by atoms with van der Waals surface area (Å²) < 4.78 is 60.1. The highest BCUT2D eigenvalue weighted by Crippen LogP contribution is 2.13. The third kappa shape index (κ3) is 26.4. The lowest BCUT2D eigenvalue weighted by atomic mass is 10.2. The van der Waals surface area contributed by atoms with Crippen molar-refractivity contribution in [1.82, 2.24) is 0 Å². The van der Waals surface area contributed by atoms with Crippen LogP contribution in [0.15, 0.2) is 48.5 Å². The second-order valence-electron chi connectivity index (χ2n) is 10.9. The quantitative estimate of drug-likeness (QED) is 0.0593. The monoisotopic (exact) mass is 724 g/mol. The number of hydrogen-bond acceptors (Lipinski definition) is 14. The third-order valence-corrected chi connectivity index (χ3v) is 6.79. The molecule has 290 valence electrons. The minimum Gasteiger partial charge on any atom is -0.491 e. The second kappa shape index (κ2) is 32.8. The Morgan fingerprint density at radius 1 is 0.510 bits per heavy atom. The van der Waals surface area contributed by atoms with Crippen LogP contribution < -0.4 is 15.8 Å². The predicted molar refractivity (Wildman–Crippen MR) is 194 cm³/mol. The SMILES string of the molecule is CCCCNc1ccc(C(=O)OCCOCCOCCOCCOCCOCCOCCOCCOCCOCCOc2ccc(N)cc2)cc1. The number of ether oxygens (including phenoxy) is 11. The fraction of sp³-hybridized carbons (Fsp3) is 0.649. The Morgan fingerprint density at radius 2 is 0.882 bits per heavy atom. The van der Waals surface area contributed by atoms with Crippen LogP contribution in [0.3, 0.4) is 0 Å². The highest BCUT2D eigenvalue weighted by molar-refractivity contribution is 5.89. The molecule has 2 rings (SSSR count). The Hall–Kier alpha value is -3.05. The lowest BCUT2D eigenvalue weighted by molar-refractivity contribution is -0.0262. The fourth-order valence-corrected chi connectivity index (χ4v) is 4.05. The average Bonchev–Trinajstić information content (AvgIpc) is 3.15. The van der Waals surface area contributed by atoms with Gasteiger partial charge in [0.25, 0.3) is 0 Å². The molecule has 0 spiro atoms. The van der Waals surface area contributed by atoms with Crippen LogP contribution in [0.4, 0.5) is 11.4 Å². The molecule has 0 amide bonds. The number of unbranched alkanes of at least 4 members (excludes halogenated alkanes) is 1. The van der Waals surface area contributed by atoms with Gasteiger partial charge in [0, 0.05) is 17.9 Å². The summed E-state index contributed by atoms with van der Waals surface area (Å²) in [6, 6.07) is 14.5. The Morgan fingerprint density at radius 3 is 1.27 bits per heavy atom. The fourth-order valence-electron chi connectivity index (χ4n) is 4.05. The van der Waals surface area contributed by atoms with Gasteiger partial charge in [-0.15, -0.1) is 0 Å². The van der Waals surface area contributed by atoms with Crippen molar-refractivity contribution in [1.29, 1.82) is 0 Å². The van der Waals surface area contributed by atoms with E-state index in [1.807, 2.05) is 24.3 Å². The molecule has 0 aliphatic heterocycles. The molecule has 0 fully saturated rings. The molecule has 2 aromatic rings. The van der Waals surface area contributed by atoms with Gasteiger partial charge >= 0.3 is 5.97 Å². The van der Waals surface area contributed by atoms with Crippen molar-refractivity contribution >= 4 is 17.3 Å². The molecule has 51 heavy (non-hydrogen) atoms. The molecular formula is C37H60N2O12. The molecule has 0 aliphatic carbocycles. The van der Waals surface area contributed by atoms with Gasteiger partial charge in [0.15, 0.2) is 0 Å². The number of esters is 1. The van der Waals surface area contributed by atoms with Crippen LogP contribution in [0.5, 0.6) is 5.75 Å². The first kappa shape index (κ1) is 44.1. The summed E-state index contributed by atoms with van der Waals surface area (Å²) in [6.45, 7) is 12.2. The molecule has 0 aliphatic rings. The Balaban J connectivity index is 1.19. The predicted octanol–water partition coefficient (Wildman–Crippen LogP) is 3.87. The molecule has 0 atom stereocenters. The van der Waals surface area contributed by atoms with E-state index in [0.717, 1.165) is 30.8 Å². The first-order valence-electron chi connectivity index (χ1n) is 17.9. The van der Waals surface area contributed by atoms with Gasteiger partial charge in [-0.2, -0.15) is 0 Å². The zero-order valence-electron chi connectivity index (χ0n) is 30.4. The molecule has 0 unspecified atom stereocenters. The van der Waals surface area contributed by atoms with Gasteiger partial charge in [-0.25, -0.2) is 4.79 Å². The molecule has 0 bridgehead atoms. The molecule has 2 aromatic carbocycles. The molecule has 0 saturated carbocycles. The van der Waals surface area contributed by atoms with Crippen molar-refractivity contribution < 1.29 is 56.9 Å². The second-order valence-corrected chi connectivity index (χ2v) is 10.9. The molecule has 0 aromatic heterocycles. The number of benzene rings is 2. The van der Waals surface area contributed by atoms with Crippen molar-refractivity contribution in [3.8, 4) is 5.75 Å². The molecule has 14 nitrogen and oxygen atoms in total. The van der Waals surface area contributed by atoms with Gasteiger partial charge in [0.1, 0.15) is 19.0 Å². The lowest BCUT2D eigenvalue weighted by Gasteiger charge is -2.09. The number of carbonyl (C=O) groups excluding carboxylic acids is 1. The summed E-state index contributed by atoms with van der Waals surface area (Å²) in [5, 5.41) is 3.32. The number of nitrogen functional groups attached to an aromatic ring is 1. The van der Waals surface area contributed by atoms with E-state index in [9.17, 15) is 4.79 Å². The number of rotatable bonds is 36. The molecule has 0 radical (unpaired) electrons. The maximum atomic E-state index is 12.1. The zero-order chi connectivity index (χ0) is 36.3. The van der Waals surface area contributed by atoms with Crippen molar-refractivity contribution in [2.24, 2.45) is 0 Å². The van der Waals surface area contributed by atoms with Crippen LogP contribution in [-0.4, -0.2) is 145 Å². The van der Waals surface area contributed by atoms with E-state index in [1.54, 1.807) is 24.3 Å². The normalized spacial score (nSPS) is 11.2. The summed E-state index contributed by atoms with van der Waals surface area (Å²) in [6.07, 6.45) is 2.24. The van der Waals surface area contributed by atoms with Gasteiger partial charge in [0.2, 0.25) is 0 Å². The largest absolute Gasteiger partial charge is 0.491 e. The van der Waals surface area contributed by atoms with Crippen molar-refractivity contribution in [3.63, 3.8) is 0 Å². The smallest absolute Gasteiger partial charge is 0.338 e. The van der Waals surface area contributed by atoms with Crippen LogP contribution in [0.1, 0.15) is 30.1 Å². The minimum atomic E-state index is -0.362. The number of carbonyl (C=O) groups is 1. The van der Waals surface area contributed by atoms with E-state index in [1.165, 1.54) is 0 Å². The Bertz CT molecular complexity index is 1060. The average molecular weight is 725 g/mol. The summed E-state index contributed by atoms with van der Waals surface area (Å²) >= 11 is 0. The van der Waals surface area contributed by atoms with E-state index in [4.69, 9.17) is 57.8 Å². The van der Waals surface area contributed by atoms with Crippen molar-refractivity contribution in [2.45, 2.75) is 19.8 Å². The standard InChI is InChI=1S/C37H60N2O12/c1-2-3-12-39-35-8-4-33(5-9-35)37(40)51-32-30-49-28-26-47-24-22-45-20-18-43-16-14-41-13-15-42-17-19-44-21-23-46-25-27-48-29-31-50-36-10-6-34(38)7-11-36/h4-11,39H,2-3,12-32,38H2,1H3. The number of anilines is 2. The van der Waals surface area contributed by atoms with E-state index in [-0.39, 0.29) is 12.6 Å².